The van der Waals surface area contributed by atoms with Gasteiger partial charge in [-0.25, -0.2) is 0 Å². The Morgan fingerprint density at radius 3 is 2.27 bits per heavy atom. The van der Waals surface area contributed by atoms with E-state index in [9.17, 15) is 18.0 Å². The van der Waals surface area contributed by atoms with Crippen LogP contribution in [0.2, 0.25) is 0 Å². The normalized spacial score (nSPS) is 15.4. The maximum Gasteiger partial charge on any atom is 0.453 e. The van der Waals surface area contributed by atoms with E-state index >= 15 is 0 Å². The van der Waals surface area contributed by atoms with Gasteiger partial charge in [0.25, 0.3) is 5.91 Å². The third-order valence-electron chi connectivity index (χ3n) is 3.08. The number of alkyl halides is 3. The van der Waals surface area contributed by atoms with Crippen LogP contribution in [0, 0.1) is 0 Å². The van der Waals surface area contributed by atoms with Crippen LogP contribution in [0.5, 0.6) is 0 Å². The van der Waals surface area contributed by atoms with E-state index in [4.69, 9.17) is 4.74 Å². The minimum atomic E-state index is -4.77. The van der Waals surface area contributed by atoms with Crippen molar-refractivity contribution in [2.24, 2.45) is 0 Å². The Morgan fingerprint density at radius 1 is 1.14 bits per heavy atom. The zero-order valence-corrected chi connectivity index (χ0v) is 12.2. The average Bonchev–Trinajstić information content (AvgIpc) is 2.47. The van der Waals surface area contributed by atoms with Crippen LogP contribution in [-0.2, 0) is 14.3 Å². The number of benzene rings is 1. The first-order valence-electron chi connectivity index (χ1n) is 6.77. The van der Waals surface area contributed by atoms with E-state index in [0.29, 0.717) is 11.6 Å². The van der Waals surface area contributed by atoms with Crippen molar-refractivity contribution in [1.29, 1.82) is 0 Å². The van der Waals surface area contributed by atoms with Crippen molar-refractivity contribution < 1.29 is 27.4 Å². The molecule has 1 aromatic rings. The monoisotopic (exact) mass is 315 g/mol. The predicted octanol–water partition coefficient (Wildman–Crippen LogP) is 3.57. The summed E-state index contributed by atoms with van der Waals surface area (Å²) in [6.07, 6.45) is -4.77. The number of hydrogen-bond acceptors (Lipinski definition) is 3. The summed E-state index contributed by atoms with van der Waals surface area (Å²) in [6.45, 7) is 3.69. The molecule has 0 saturated heterocycles. The van der Waals surface area contributed by atoms with E-state index in [-0.39, 0.29) is 13.2 Å². The van der Waals surface area contributed by atoms with Crippen molar-refractivity contribution in [3.05, 3.63) is 41.3 Å². The van der Waals surface area contributed by atoms with Gasteiger partial charge in [0.05, 0.1) is 0 Å². The van der Waals surface area contributed by atoms with Gasteiger partial charge in [0.15, 0.2) is 0 Å². The summed E-state index contributed by atoms with van der Waals surface area (Å²) >= 11 is 0. The lowest BCUT2D eigenvalue weighted by atomic mass is 10.0. The van der Waals surface area contributed by atoms with Gasteiger partial charge >= 0.3 is 6.18 Å². The topological polar surface area (TPSA) is 47.6 Å². The highest BCUT2D eigenvalue weighted by molar-refractivity contribution is 6.02. The third-order valence-corrected chi connectivity index (χ3v) is 3.08. The van der Waals surface area contributed by atoms with Gasteiger partial charge in [-0.1, -0.05) is 26.0 Å². The molecule has 4 nitrogen and oxygen atoms in total. The lowest BCUT2D eigenvalue weighted by Crippen LogP contribution is -2.30. The second kappa shape index (κ2) is 6.29. The number of halogens is 3. The number of carbonyl (C=O) groups excluding carboxylic acids is 1. The standard InChI is InChI=1S/C15H16F3NO3/c1-9(2)10-3-5-11(6-4-10)19-14(20)12-13(15(16,17)18)22-8-7-21-12/h3-6,9H,7-8H2,1-2H3,(H,19,20). The summed E-state index contributed by atoms with van der Waals surface area (Å²) in [5, 5.41) is 2.38. The minimum Gasteiger partial charge on any atom is -0.483 e. The molecule has 1 heterocycles. The molecule has 0 spiro atoms. The highest BCUT2D eigenvalue weighted by atomic mass is 19.4. The SMILES string of the molecule is CC(C)c1ccc(NC(=O)C2=C(C(F)(F)F)OCCO2)cc1. The number of allylic oxidation sites excluding steroid dienone is 1. The first-order chi connectivity index (χ1) is 10.3. The van der Waals surface area contributed by atoms with Crippen molar-refractivity contribution in [3.8, 4) is 0 Å². The molecule has 1 aliphatic rings. The predicted molar refractivity (Wildman–Crippen MR) is 74.1 cm³/mol. The molecule has 1 amide bonds. The molecule has 2 rings (SSSR count). The van der Waals surface area contributed by atoms with E-state index < -0.39 is 23.6 Å². The van der Waals surface area contributed by atoms with Crippen LogP contribution in [0.1, 0.15) is 25.3 Å². The lowest BCUT2D eigenvalue weighted by Gasteiger charge is -2.22. The van der Waals surface area contributed by atoms with Gasteiger partial charge < -0.3 is 14.8 Å². The number of rotatable bonds is 3. The number of amides is 1. The van der Waals surface area contributed by atoms with E-state index in [1.54, 1.807) is 24.3 Å². The lowest BCUT2D eigenvalue weighted by molar-refractivity contribution is -0.151. The van der Waals surface area contributed by atoms with Gasteiger partial charge in [-0.15, -0.1) is 0 Å². The second-order valence-corrected chi connectivity index (χ2v) is 5.08. The molecule has 0 unspecified atom stereocenters. The molecule has 1 N–H and O–H groups in total. The van der Waals surface area contributed by atoms with Crippen molar-refractivity contribution in [3.63, 3.8) is 0 Å². The van der Waals surface area contributed by atoms with Crippen molar-refractivity contribution in [2.45, 2.75) is 25.9 Å². The Bertz CT molecular complexity index is 577. The molecular weight excluding hydrogens is 299 g/mol. The van der Waals surface area contributed by atoms with E-state index in [1.807, 2.05) is 13.8 Å². The second-order valence-electron chi connectivity index (χ2n) is 5.08. The molecule has 0 bridgehead atoms. The first-order valence-corrected chi connectivity index (χ1v) is 6.77. The van der Waals surface area contributed by atoms with Crippen LogP contribution >= 0.6 is 0 Å². The highest BCUT2D eigenvalue weighted by Gasteiger charge is 2.43. The number of anilines is 1. The summed E-state index contributed by atoms with van der Waals surface area (Å²) in [7, 11) is 0. The zero-order valence-electron chi connectivity index (χ0n) is 12.2. The molecule has 22 heavy (non-hydrogen) atoms. The largest absolute Gasteiger partial charge is 0.483 e. The fourth-order valence-corrected chi connectivity index (χ4v) is 1.94. The Labute approximate surface area is 125 Å². The van der Waals surface area contributed by atoms with E-state index in [1.165, 1.54) is 0 Å². The zero-order chi connectivity index (χ0) is 16.3. The van der Waals surface area contributed by atoms with Crippen molar-refractivity contribution in [1.82, 2.24) is 0 Å². The number of nitrogens with one attached hydrogen (secondary N) is 1. The summed E-state index contributed by atoms with van der Waals surface area (Å²) in [6, 6.07) is 6.87. The fraction of sp³-hybridized carbons (Fsp3) is 0.400. The Morgan fingerprint density at radius 2 is 1.73 bits per heavy atom. The maximum atomic E-state index is 12.8. The summed E-state index contributed by atoms with van der Waals surface area (Å²) in [4.78, 5) is 12.0. The van der Waals surface area contributed by atoms with Crippen LogP contribution in [0.3, 0.4) is 0 Å². The first kappa shape index (κ1) is 16.2. The van der Waals surface area contributed by atoms with Crippen molar-refractivity contribution in [2.75, 3.05) is 18.5 Å². The molecule has 1 aliphatic heterocycles. The number of ether oxygens (including phenoxy) is 2. The Balaban J connectivity index is 2.18. The Kier molecular flexibility index (Phi) is 4.63. The van der Waals surface area contributed by atoms with Crippen LogP contribution < -0.4 is 5.32 Å². The molecule has 0 fully saturated rings. The minimum absolute atomic E-state index is 0.103. The summed E-state index contributed by atoms with van der Waals surface area (Å²) in [5.41, 5.74) is 1.45. The van der Waals surface area contributed by atoms with Crippen LogP contribution in [0.25, 0.3) is 0 Å². The summed E-state index contributed by atoms with van der Waals surface area (Å²) < 4.78 is 47.7. The average molecular weight is 315 g/mol. The van der Waals surface area contributed by atoms with Gasteiger partial charge in [0, 0.05) is 5.69 Å². The van der Waals surface area contributed by atoms with Crippen LogP contribution in [0.4, 0.5) is 18.9 Å². The van der Waals surface area contributed by atoms with Crippen LogP contribution in [-0.4, -0.2) is 25.3 Å². The fourth-order valence-electron chi connectivity index (χ4n) is 1.94. The molecular formula is C15H16F3NO3. The highest BCUT2D eigenvalue weighted by Crippen LogP contribution is 2.32. The molecule has 0 aliphatic carbocycles. The van der Waals surface area contributed by atoms with Crippen LogP contribution in [0.15, 0.2) is 35.8 Å². The molecule has 120 valence electrons. The van der Waals surface area contributed by atoms with Gasteiger partial charge in [-0.2, -0.15) is 13.2 Å². The molecule has 1 aromatic carbocycles. The molecule has 7 heteroatoms. The molecule has 0 saturated carbocycles. The third kappa shape index (κ3) is 3.72. The maximum absolute atomic E-state index is 12.8. The number of carbonyl (C=O) groups is 1. The quantitative estimate of drug-likeness (QED) is 0.927. The van der Waals surface area contributed by atoms with Gasteiger partial charge in [-0.3, -0.25) is 4.79 Å². The molecule has 0 radical (unpaired) electrons. The van der Waals surface area contributed by atoms with Gasteiger partial charge in [0.1, 0.15) is 13.2 Å². The smallest absolute Gasteiger partial charge is 0.453 e. The van der Waals surface area contributed by atoms with Gasteiger partial charge in [-0.05, 0) is 23.6 Å². The molecule has 0 atom stereocenters. The van der Waals surface area contributed by atoms with E-state index in [2.05, 4.69) is 10.1 Å². The molecule has 0 aromatic heterocycles. The van der Waals surface area contributed by atoms with Gasteiger partial charge in [0.2, 0.25) is 11.5 Å². The Hall–Kier alpha value is -2.18. The van der Waals surface area contributed by atoms with Crippen molar-refractivity contribution >= 4 is 11.6 Å². The number of hydrogen-bond donors (Lipinski definition) is 1. The van der Waals surface area contributed by atoms with E-state index in [0.717, 1.165) is 5.56 Å². The summed E-state index contributed by atoms with van der Waals surface area (Å²) in [5.74, 6) is -2.90.